The van der Waals surface area contributed by atoms with Crippen LogP contribution in [0.2, 0.25) is 0 Å². The van der Waals surface area contributed by atoms with Gasteiger partial charge in [0.2, 0.25) is 0 Å². The molecule has 0 radical (unpaired) electrons. The zero-order valence-corrected chi connectivity index (χ0v) is 12.8. The molecule has 128 valence electrons. The van der Waals surface area contributed by atoms with Crippen molar-refractivity contribution < 1.29 is 22.4 Å². The molecule has 4 nitrogen and oxygen atoms in total. The topological polar surface area (TPSA) is 35.6 Å². The van der Waals surface area contributed by atoms with Crippen LogP contribution in [-0.2, 0) is 17.5 Å². The Bertz CT molecular complexity index is 554. The molecule has 2 rings (SSSR count). The van der Waals surface area contributed by atoms with Crippen molar-refractivity contribution in [3.63, 3.8) is 0 Å². The van der Waals surface area contributed by atoms with Crippen LogP contribution >= 0.6 is 0 Å². The lowest BCUT2D eigenvalue weighted by molar-refractivity contribution is -0.138. The average Bonchev–Trinajstić information content (AvgIpc) is 2.50. The van der Waals surface area contributed by atoms with Crippen LogP contribution in [0.5, 0.6) is 0 Å². The highest BCUT2D eigenvalue weighted by molar-refractivity contribution is 5.91. The number of carbonyl (C=O) groups is 1. The molecule has 0 bridgehead atoms. The van der Waals surface area contributed by atoms with Crippen LogP contribution in [0.25, 0.3) is 0 Å². The third-order valence-electron chi connectivity index (χ3n) is 3.81. The summed E-state index contributed by atoms with van der Waals surface area (Å²) in [6, 6.07) is 3.57. The van der Waals surface area contributed by atoms with Crippen LogP contribution < -0.4 is 5.32 Å². The Balaban J connectivity index is 2.19. The van der Waals surface area contributed by atoms with E-state index in [1.165, 1.54) is 12.1 Å². The molecule has 0 spiro atoms. The summed E-state index contributed by atoms with van der Waals surface area (Å²) in [7, 11) is 1.97. The third kappa shape index (κ3) is 4.90. The van der Waals surface area contributed by atoms with E-state index in [0.29, 0.717) is 13.1 Å². The molecular weight excluding hydrogens is 314 g/mol. The second-order valence-electron chi connectivity index (χ2n) is 5.63. The van der Waals surface area contributed by atoms with Crippen molar-refractivity contribution in [3.05, 3.63) is 29.3 Å². The number of nitrogens with one attached hydrogen (secondary N) is 1. The molecule has 0 aromatic heterocycles. The minimum atomic E-state index is -4.53. The van der Waals surface area contributed by atoms with Gasteiger partial charge in [-0.05, 0) is 24.7 Å². The van der Waals surface area contributed by atoms with Crippen LogP contribution in [0.15, 0.2) is 18.2 Å². The largest absolute Gasteiger partial charge is 0.416 e. The Kier molecular flexibility index (Phi) is 5.59. The number of rotatable bonds is 4. The molecule has 1 heterocycles. The van der Waals surface area contributed by atoms with Crippen molar-refractivity contribution in [1.29, 1.82) is 0 Å². The summed E-state index contributed by atoms with van der Waals surface area (Å²) in [5.41, 5.74) is -0.699. The number of halogens is 4. The van der Waals surface area contributed by atoms with Crippen molar-refractivity contribution in [3.8, 4) is 0 Å². The van der Waals surface area contributed by atoms with Gasteiger partial charge in [-0.3, -0.25) is 9.69 Å². The monoisotopic (exact) mass is 333 g/mol. The lowest BCUT2D eigenvalue weighted by Crippen LogP contribution is -2.44. The zero-order chi connectivity index (χ0) is 17.0. The van der Waals surface area contributed by atoms with Gasteiger partial charge >= 0.3 is 6.18 Å². The van der Waals surface area contributed by atoms with Crippen molar-refractivity contribution in [2.75, 3.05) is 45.2 Å². The number of likely N-dealkylation sites (N-methyl/N-ethyl adjacent to an activating group) is 1. The molecule has 1 aliphatic heterocycles. The molecule has 0 unspecified atom stereocenters. The van der Waals surface area contributed by atoms with E-state index in [1.54, 1.807) is 0 Å². The van der Waals surface area contributed by atoms with E-state index in [9.17, 15) is 22.4 Å². The third-order valence-corrected chi connectivity index (χ3v) is 3.81. The molecule has 1 saturated heterocycles. The summed E-state index contributed by atoms with van der Waals surface area (Å²) < 4.78 is 51.9. The second kappa shape index (κ2) is 7.27. The van der Waals surface area contributed by atoms with E-state index >= 15 is 0 Å². The molecule has 1 fully saturated rings. The van der Waals surface area contributed by atoms with Gasteiger partial charge < -0.3 is 10.2 Å². The Labute approximate surface area is 132 Å². The molecule has 0 saturated carbocycles. The van der Waals surface area contributed by atoms with Gasteiger partial charge in [-0.1, -0.05) is 6.07 Å². The number of benzene rings is 1. The molecule has 1 aliphatic rings. The number of carbonyl (C=O) groups excluding carboxylic acids is 1. The second-order valence-corrected chi connectivity index (χ2v) is 5.63. The maximum Gasteiger partial charge on any atom is 0.416 e. The Morgan fingerprint density at radius 2 is 1.87 bits per heavy atom. The summed E-state index contributed by atoms with van der Waals surface area (Å²) in [4.78, 5) is 15.1. The van der Waals surface area contributed by atoms with Crippen LogP contribution in [0.1, 0.15) is 11.1 Å². The van der Waals surface area contributed by atoms with E-state index in [2.05, 4.69) is 10.2 Å². The quantitative estimate of drug-likeness (QED) is 0.860. The average molecular weight is 333 g/mol. The number of nitrogens with zero attached hydrogens (tertiary/aromatic N) is 2. The predicted molar refractivity (Wildman–Crippen MR) is 78.8 cm³/mol. The highest BCUT2D eigenvalue weighted by Crippen LogP contribution is 2.34. The summed E-state index contributed by atoms with van der Waals surface area (Å²) in [6.45, 7) is 1.95. The first-order chi connectivity index (χ1) is 10.8. The summed E-state index contributed by atoms with van der Waals surface area (Å²) >= 11 is 0. The molecule has 0 atom stereocenters. The normalized spacial score (nSPS) is 17.3. The summed E-state index contributed by atoms with van der Waals surface area (Å²) in [6.07, 6.45) is -4.53. The van der Waals surface area contributed by atoms with Gasteiger partial charge in [0.25, 0.3) is 5.91 Å². The van der Waals surface area contributed by atoms with Crippen molar-refractivity contribution in [2.45, 2.75) is 12.7 Å². The van der Waals surface area contributed by atoms with Crippen molar-refractivity contribution >= 4 is 11.6 Å². The minimum absolute atomic E-state index is 0.0536. The maximum atomic E-state index is 13.3. The molecule has 1 aromatic carbocycles. The summed E-state index contributed by atoms with van der Waals surface area (Å²) in [5.74, 6) is -0.968. The maximum absolute atomic E-state index is 13.3. The van der Waals surface area contributed by atoms with E-state index < -0.39 is 24.3 Å². The lowest BCUT2D eigenvalue weighted by atomic mass is 10.0. The number of amides is 1. The van der Waals surface area contributed by atoms with E-state index in [0.717, 1.165) is 19.2 Å². The van der Waals surface area contributed by atoms with Crippen molar-refractivity contribution in [1.82, 2.24) is 9.80 Å². The smallest absolute Gasteiger partial charge is 0.324 e. The van der Waals surface area contributed by atoms with Crippen LogP contribution in [-0.4, -0.2) is 55.6 Å². The number of hydrogen-bond donors (Lipinski definition) is 1. The number of hydrogen-bond acceptors (Lipinski definition) is 3. The highest BCUT2D eigenvalue weighted by atomic mass is 19.4. The number of anilines is 1. The minimum Gasteiger partial charge on any atom is -0.324 e. The molecular formula is C15H19F4N3O. The number of alkyl halides is 4. The molecule has 1 N–H and O–H groups in total. The fraction of sp³-hybridized carbons (Fsp3) is 0.533. The fourth-order valence-electron chi connectivity index (χ4n) is 2.50. The van der Waals surface area contributed by atoms with Crippen LogP contribution in [0, 0.1) is 0 Å². The van der Waals surface area contributed by atoms with Crippen LogP contribution in [0.4, 0.5) is 23.2 Å². The Morgan fingerprint density at radius 1 is 1.22 bits per heavy atom. The van der Waals surface area contributed by atoms with Gasteiger partial charge in [0.05, 0.1) is 5.56 Å². The van der Waals surface area contributed by atoms with Crippen LogP contribution in [0.3, 0.4) is 0 Å². The fourth-order valence-corrected chi connectivity index (χ4v) is 2.50. The number of piperazine rings is 1. The first-order valence-electron chi connectivity index (χ1n) is 7.26. The Hall–Kier alpha value is -1.67. The van der Waals surface area contributed by atoms with E-state index in [4.69, 9.17) is 0 Å². The first kappa shape index (κ1) is 17.7. The highest BCUT2D eigenvalue weighted by Gasteiger charge is 2.34. The van der Waals surface area contributed by atoms with Gasteiger partial charge in [0, 0.05) is 38.4 Å². The molecule has 1 aromatic rings. The molecule has 8 heteroatoms. The van der Waals surface area contributed by atoms with Gasteiger partial charge in [0.15, 0.2) is 6.67 Å². The molecule has 23 heavy (non-hydrogen) atoms. The lowest BCUT2D eigenvalue weighted by Gasteiger charge is -2.33. The standard InChI is InChI=1S/C15H19F4N3O/c1-21-4-6-22(7-5-21)10-11-2-3-12(20-14(23)9-16)8-13(11)15(17,18)19/h2-3,8H,4-7,9-10H2,1H3,(H,20,23). The first-order valence-corrected chi connectivity index (χ1v) is 7.26. The van der Waals surface area contributed by atoms with Gasteiger partial charge in [-0.15, -0.1) is 0 Å². The SMILES string of the molecule is CN1CCN(Cc2ccc(NC(=O)CF)cc2C(F)(F)F)CC1. The summed E-state index contributed by atoms with van der Waals surface area (Å²) in [5, 5.41) is 2.11. The molecule has 0 aliphatic carbocycles. The van der Waals surface area contributed by atoms with E-state index in [-0.39, 0.29) is 17.8 Å². The van der Waals surface area contributed by atoms with Gasteiger partial charge in [-0.2, -0.15) is 13.2 Å². The Morgan fingerprint density at radius 3 is 2.43 bits per heavy atom. The van der Waals surface area contributed by atoms with E-state index in [1.807, 2.05) is 11.9 Å². The van der Waals surface area contributed by atoms with Gasteiger partial charge in [-0.25, -0.2) is 4.39 Å². The molecule has 1 amide bonds. The van der Waals surface area contributed by atoms with Crippen molar-refractivity contribution in [2.24, 2.45) is 0 Å². The zero-order valence-electron chi connectivity index (χ0n) is 12.8. The van der Waals surface area contributed by atoms with Gasteiger partial charge in [0.1, 0.15) is 0 Å². The predicted octanol–water partition coefficient (Wildman–Crippen LogP) is 2.36.